The summed E-state index contributed by atoms with van der Waals surface area (Å²) in [5, 5.41) is 18.3. The lowest BCUT2D eigenvalue weighted by Gasteiger charge is -2.12. The molecule has 0 aliphatic carbocycles. The van der Waals surface area contributed by atoms with Crippen molar-refractivity contribution in [2.24, 2.45) is 0 Å². The lowest BCUT2D eigenvalue weighted by molar-refractivity contribution is -0.384. The third-order valence-electron chi connectivity index (χ3n) is 5.54. The maximum atomic E-state index is 12.9. The van der Waals surface area contributed by atoms with E-state index in [1.54, 1.807) is 35.0 Å². The Kier molecular flexibility index (Phi) is 7.77. The van der Waals surface area contributed by atoms with Crippen LogP contribution in [0.15, 0.2) is 59.8 Å². The van der Waals surface area contributed by atoms with Gasteiger partial charge in [-0.2, -0.15) is 5.10 Å². The van der Waals surface area contributed by atoms with Gasteiger partial charge in [0.15, 0.2) is 17.1 Å². The average Bonchev–Trinajstić information content (AvgIpc) is 3.31. The SMILES string of the molecule is CCOc1ccc(C(=O)NCCn2ncc3c(=O)n(Cc4ccc([N+](=O)[O-])cc4)cnc32)cc1OCC. The zero-order chi connectivity index (χ0) is 26.4. The van der Waals surface area contributed by atoms with E-state index in [0.717, 1.165) is 5.56 Å². The summed E-state index contributed by atoms with van der Waals surface area (Å²) >= 11 is 0. The molecular weight excluding hydrogens is 480 g/mol. The maximum Gasteiger partial charge on any atom is 0.269 e. The van der Waals surface area contributed by atoms with Crippen molar-refractivity contribution < 1.29 is 19.2 Å². The standard InChI is InChI=1S/C25H26N6O6/c1-3-36-21-10-7-18(13-22(21)37-4-2)24(32)26-11-12-30-23-20(14-28-30)25(33)29(16-27-23)15-17-5-8-19(9-6-17)31(34)35/h5-10,13-14,16H,3-4,11-12,15H2,1-2H3,(H,26,32). The minimum Gasteiger partial charge on any atom is -0.490 e. The second-order valence-electron chi connectivity index (χ2n) is 7.99. The highest BCUT2D eigenvalue weighted by Gasteiger charge is 2.14. The fourth-order valence-electron chi connectivity index (χ4n) is 3.76. The number of aromatic nitrogens is 4. The third kappa shape index (κ3) is 5.74. The van der Waals surface area contributed by atoms with E-state index >= 15 is 0 Å². The van der Waals surface area contributed by atoms with Crippen LogP contribution in [0, 0.1) is 10.1 Å². The van der Waals surface area contributed by atoms with Crippen LogP contribution in [0.2, 0.25) is 0 Å². The van der Waals surface area contributed by atoms with Gasteiger partial charge in [-0.05, 0) is 37.6 Å². The van der Waals surface area contributed by atoms with Crippen LogP contribution in [0.4, 0.5) is 5.69 Å². The molecule has 0 unspecified atom stereocenters. The molecule has 12 heteroatoms. The predicted octanol–water partition coefficient (Wildman–Crippen LogP) is 2.78. The summed E-state index contributed by atoms with van der Waals surface area (Å²) in [7, 11) is 0. The number of non-ortho nitro benzene ring substituents is 1. The Hall–Kier alpha value is -4.74. The topological polar surface area (TPSA) is 143 Å². The Balaban J connectivity index is 1.41. The molecule has 0 saturated heterocycles. The van der Waals surface area contributed by atoms with Crippen LogP contribution in [0.3, 0.4) is 0 Å². The van der Waals surface area contributed by atoms with Gasteiger partial charge in [-0.3, -0.25) is 24.3 Å². The zero-order valence-corrected chi connectivity index (χ0v) is 20.4. The van der Waals surface area contributed by atoms with Gasteiger partial charge in [0.25, 0.3) is 17.2 Å². The first-order chi connectivity index (χ1) is 17.9. The molecule has 37 heavy (non-hydrogen) atoms. The Morgan fingerprint density at radius 2 is 1.81 bits per heavy atom. The van der Waals surface area contributed by atoms with E-state index in [1.165, 1.54) is 29.2 Å². The number of nitrogens with one attached hydrogen (secondary N) is 1. The molecule has 0 fully saturated rings. The summed E-state index contributed by atoms with van der Waals surface area (Å²) < 4.78 is 14.1. The van der Waals surface area contributed by atoms with Crippen LogP contribution < -0.4 is 20.3 Å². The van der Waals surface area contributed by atoms with Crippen LogP contribution in [-0.4, -0.2) is 49.9 Å². The van der Waals surface area contributed by atoms with Gasteiger partial charge < -0.3 is 14.8 Å². The quantitative estimate of drug-likeness (QED) is 0.242. The smallest absolute Gasteiger partial charge is 0.269 e. The molecule has 2 heterocycles. The van der Waals surface area contributed by atoms with Gasteiger partial charge in [-0.15, -0.1) is 0 Å². The van der Waals surface area contributed by atoms with Gasteiger partial charge >= 0.3 is 0 Å². The Labute approximate surface area is 211 Å². The molecule has 1 N–H and O–H groups in total. The zero-order valence-electron chi connectivity index (χ0n) is 20.4. The summed E-state index contributed by atoms with van der Waals surface area (Å²) in [6.45, 7) is 5.45. The third-order valence-corrected chi connectivity index (χ3v) is 5.54. The number of hydrogen-bond donors (Lipinski definition) is 1. The van der Waals surface area contributed by atoms with E-state index in [0.29, 0.717) is 47.9 Å². The number of rotatable bonds is 11. The number of carbonyl (C=O) groups excluding carboxylic acids is 1. The van der Waals surface area contributed by atoms with Crippen molar-refractivity contribution in [3.8, 4) is 11.5 Å². The molecule has 12 nitrogen and oxygen atoms in total. The molecular formula is C25H26N6O6. The normalized spacial score (nSPS) is 10.9. The second-order valence-corrected chi connectivity index (χ2v) is 7.99. The molecule has 4 aromatic rings. The molecule has 2 aromatic carbocycles. The van der Waals surface area contributed by atoms with Gasteiger partial charge in [0.1, 0.15) is 11.7 Å². The van der Waals surface area contributed by atoms with Crippen LogP contribution in [0.25, 0.3) is 11.0 Å². The highest BCUT2D eigenvalue weighted by molar-refractivity contribution is 5.94. The molecule has 0 radical (unpaired) electrons. The number of nitro groups is 1. The van der Waals surface area contributed by atoms with E-state index in [4.69, 9.17) is 9.47 Å². The summed E-state index contributed by atoms with van der Waals surface area (Å²) in [5.74, 6) is 0.803. The number of hydrogen-bond acceptors (Lipinski definition) is 8. The van der Waals surface area contributed by atoms with E-state index in [9.17, 15) is 19.7 Å². The van der Waals surface area contributed by atoms with Crippen molar-refractivity contribution in [3.05, 3.63) is 86.6 Å². The van der Waals surface area contributed by atoms with Gasteiger partial charge in [-0.25, -0.2) is 9.67 Å². The molecule has 192 valence electrons. The van der Waals surface area contributed by atoms with Crippen molar-refractivity contribution in [2.75, 3.05) is 19.8 Å². The van der Waals surface area contributed by atoms with Gasteiger partial charge in [0.05, 0.1) is 37.4 Å². The molecule has 0 atom stereocenters. The first kappa shape index (κ1) is 25.4. The maximum absolute atomic E-state index is 12.9. The first-order valence-electron chi connectivity index (χ1n) is 11.7. The number of nitrogens with zero attached hydrogens (tertiary/aromatic N) is 5. The van der Waals surface area contributed by atoms with Crippen molar-refractivity contribution in [3.63, 3.8) is 0 Å². The Morgan fingerprint density at radius 3 is 2.51 bits per heavy atom. The summed E-state index contributed by atoms with van der Waals surface area (Å²) in [5.41, 5.74) is 1.26. The molecule has 4 rings (SSSR count). The molecule has 0 aliphatic rings. The molecule has 0 aliphatic heterocycles. The summed E-state index contributed by atoms with van der Waals surface area (Å²) in [6, 6.07) is 11.0. The van der Waals surface area contributed by atoms with Crippen molar-refractivity contribution >= 4 is 22.6 Å². The second kappa shape index (κ2) is 11.3. The number of nitro benzene ring substituents is 1. The fourth-order valence-corrected chi connectivity index (χ4v) is 3.76. The number of amides is 1. The van der Waals surface area contributed by atoms with Crippen molar-refractivity contribution in [2.45, 2.75) is 26.9 Å². The molecule has 1 amide bonds. The van der Waals surface area contributed by atoms with Crippen molar-refractivity contribution in [1.82, 2.24) is 24.6 Å². The Morgan fingerprint density at radius 1 is 1.08 bits per heavy atom. The van der Waals surface area contributed by atoms with E-state index in [1.807, 2.05) is 13.8 Å². The molecule has 2 aromatic heterocycles. The number of carbonyl (C=O) groups is 1. The largest absolute Gasteiger partial charge is 0.490 e. The van der Waals surface area contributed by atoms with E-state index < -0.39 is 4.92 Å². The lowest BCUT2D eigenvalue weighted by Crippen LogP contribution is -2.28. The van der Waals surface area contributed by atoms with Crippen molar-refractivity contribution in [1.29, 1.82) is 0 Å². The monoisotopic (exact) mass is 506 g/mol. The minimum absolute atomic E-state index is 0.0182. The van der Waals surface area contributed by atoms with Gasteiger partial charge in [-0.1, -0.05) is 12.1 Å². The van der Waals surface area contributed by atoms with Gasteiger partial charge in [0.2, 0.25) is 0 Å². The van der Waals surface area contributed by atoms with Crippen LogP contribution in [0.5, 0.6) is 11.5 Å². The number of ether oxygens (including phenoxy) is 2. The van der Waals surface area contributed by atoms with Crippen LogP contribution >= 0.6 is 0 Å². The first-order valence-corrected chi connectivity index (χ1v) is 11.7. The van der Waals surface area contributed by atoms with Gasteiger partial charge in [0, 0.05) is 24.2 Å². The summed E-state index contributed by atoms with van der Waals surface area (Å²) in [6.07, 6.45) is 2.86. The predicted molar refractivity (Wildman–Crippen MR) is 135 cm³/mol. The van der Waals surface area contributed by atoms with Crippen LogP contribution in [-0.2, 0) is 13.1 Å². The highest BCUT2D eigenvalue weighted by Crippen LogP contribution is 2.28. The highest BCUT2D eigenvalue weighted by atomic mass is 16.6. The minimum atomic E-state index is -0.476. The molecule has 0 saturated carbocycles. The summed E-state index contributed by atoms with van der Waals surface area (Å²) in [4.78, 5) is 40.3. The molecule has 0 bridgehead atoms. The number of fused-ring (bicyclic) bond motifs is 1. The lowest BCUT2D eigenvalue weighted by atomic mass is 10.2. The number of benzene rings is 2. The van der Waals surface area contributed by atoms with E-state index in [-0.39, 0.29) is 30.2 Å². The Bertz CT molecular complexity index is 1480. The molecule has 0 spiro atoms. The average molecular weight is 507 g/mol. The van der Waals surface area contributed by atoms with Crippen LogP contribution in [0.1, 0.15) is 29.8 Å². The fraction of sp³-hybridized carbons (Fsp3) is 0.280. The van der Waals surface area contributed by atoms with E-state index in [2.05, 4.69) is 15.4 Å².